The molecule has 1 aromatic heterocycles. The molecule has 1 aliphatic heterocycles. The molecule has 7 nitrogen and oxygen atoms in total. The third-order valence-electron chi connectivity index (χ3n) is 4.80. The van der Waals surface area contributed by atoms with E-state index >= 15 is 0 Å². The van der Waals surface area contributed by atoms with Crippen LogP contribution in [0.15, 0.2) is 24.3 Å². The number of benzene rings is 1. The van der Waals surface area contributed by atoms with Gasteiger partial charge in [0.2, 0.25) is 5.91 Å². The summed E-state index contributed by atoms with van der Waals surface area (Å²) in [6, 6.07) is 7.17. The van der Waals surface area contributed by atoms with Gasteiger partial charge in [0.05, 0.1) is 11.4 Å². The third kappa shape index (κ3) is 4.66. The number of nitrogens with zero attached hydrogens (tertiary/aromatic N) is 4. The van der Waals surface area contributed by atoms with Gasteiger partial charge in [0.1, 0.15) is 0 Å². The molecule has 0 aliphatic carbocycles. The lowest BCUT2D eigenvalue weighted by atomic mass is 10.00. The fourth-order valence-corrected chi connectivity index (χ4v) is 3.52. The molecule has 2 aromatic rings. The van der Waals surface area contributed by atoms with Gasteiger partial charge in [-0.15, -0.1) is 5.10 Å². The molecule has 3 rings (SSSR count). The second kappa shape index (κ2) is 8.52. The summed E-state index contributed by atoms with van der Waals surface area (Å²) in [7, 11) is 0. The number of rotatable bonds is 5. The molecule has 0 spiro atoms. The van der Waals surface area contributed by atoms with E-state index in [1.165, 1.54) is 6.42 Å². The van der Waals surface area contributed by atoms with Gasteiger partial charge in [-0.3, -0.25) is 9.59 Å². The molecule has 2 heterocycles. The average molecular weight is 390 g/mol. The van der Waals surface area contributed by atoms with Crippen LogP contribution in [0.2, 0.25) is 5.02 Å². The normalized spacial score (nSPS) is 17.0. The van der Waals surface area contributed by atoms with Crippen LogP contribution in [0.5, 0.6) is 0 Å². The Morgan fingerprint density at radius 3 is 2.93 bits per heavy atom. The minimum Gasteiger partial charge on any atom is -0.350 e. The van der Waals surface area contributed by atoms with Gasteiger partial charge in [0.15, 0.2) is 5.69 Å². The molecular formula is C19H24ClN5O2. The lowest BCUT2D eigenvalue weighted by Crippen LogP contribution is -2.40. The Kier molecular flexibility index (Phi) is 6.11. The highest BCUT2D eigenvalue weighted by atomic mass is 35.5. The summed E-state index contributed by atoms with van der Waals surface area (Å²) in [5, 5.41) is 11.4. The molecule has 1 aromatic carbocycles. The summed E-state index contributed by atoms with van der Waals surface area (Å²) in [5.41, 5.74) is 1.60. The van der Waals surface area contributed by atoms with Crippen LogP contribution in [0.4, 0.5) is 0 Å². The first kappa shape index (κ1) is 19.4. The van der Waals surface area contributed by atoms with Crippen molar-refractivity contribution in [1.29, 1.82) is 0 Å². The highest BCUT2D eigenvalue weighted by Gasteiger charge is 2.21. The van der Waals surface area contributed by atoms with Crippen LogP contribution >= 0.6 is 11.6 Å². The van der Waals surface area contributed by atoms with Crippen LogP contribution in [-0.4, -0.2) is 51.3 Å². The predicted octanol–water partition coefficient (Wildman–Crippen LogP) is 2.61. The van der Waals surface area contributed by atoms with E-state index in [1.54, 1.807) is 23.7 Å². The van der Waals surface area contributed by atoms with Crippen molar-refractivity contribution in [3.63, 3.8) is 0 Å². The largest absolute Gasteiger partial charge is 0.350 e. The molecule has 1 aliphatic rings. The van der Waals surface area contributed by atoms with Crippen molar-refractivity contribution in [3.05, 3.63) is 40.7 Å². The summed E-state index contributed by atoms with van der Waals surface area (Å²) in [4.78, 5) is 26.6. The highest BCUT2D eigenvalue weighted by molar-refractivity contribution is 6.30. The summed E-state index contributed by atoms with van der Waals surface area (Å²) < 4.78 is 1.57. The van der Waals surface area contributed by atoms with Crippen LogP contribution in [0.3, 0.4) is 0 Å². The first-order valence-electron chi connectivity index (χ1n) is 9.20. The fraction of sp³-hybridized carbons (Fsp3) is 0.474. The Balaban J connectivity index is 1.56. The lowest BCUT2D eigenvalue weighted by molar-refractivity contribution is -0.132. The Labute approximate surface area is 163 Å². The van der Waals surface area contributed by atoms with Crippen LogP contribution in [0, 0.1) is 12.8 Å². The van der Waals surface area contributed by atoms with Gasteiger partial charge in [-0.25, -0.2) is 4.68 Å². The van der Waals surface area contributed by atoms with E-state index < -0.39 is 0 Å². The Morgan fingerprint density at radius 2 is 2.19 bits per heavy atom. The molecular weight excluding hydrogens is 366 g/mol. The van der Waals surface area contributed by atoms with Crippen LogP contribution in [0.25, 0.3) is 5.69 Å². The van der Waals surface area contributed by atoms with E-state index in [0.29, 0.717) is 23.1 Å². The lowest BCUT2D eigenvalue weighted by Gasteiger charge is -2.31. The third-order valence-corrected chi connectivity index (χ3v) is 5.03. The quantitative estimate of drug-likeness (QED) is 0.852. The van der Waals surface area contributed by atoms with Crippen molar-refractivity contribution in [3.8, 4) is 5.69 Å². The Hall–Kier alpha value is -2.41. The maximum Gasteiger partial charge on any atom is 0.273 e. The average Bonchev–Trinajstić information content (AvgIpc) is 3.03. The zero-order chi connectivity index (χ0) is 19.4. The number of aromatic nitrogens is 3. The van der Waals surface area contributed by atoms with Crippen molar-refractivity contribution >= 4 is 23.4 Å². The van der Waals surface area contributed by atoms with Gasteiger partial charge >= 0.3 is 0 Å². The van der Waals surface area contributed by atoms with E-state index in [4.69, 9.17) is 11.6 Å². The van der Waals surface area contributed by atoms with Gasteiger partial charge in [-0.2, -0.15) is 0 Å². The topological polar surface area (TPSA) is 80.1 Å². The van der Waals surface area contributed by atoms with Gasteiger partial charge in [-0.05, 0) is 43.9 Å². The van der Waals surface area contributed by atoms with Gasteiger partial charge in [0.25, 0.3) is 5.91 Å². The van der Waals surface area contributed by atoms with E-state index in [1.807, 2.05) is 17.0 Å². The highest BCUT2D eigenvalue weighted by Crippen LogP contribution is 2.17. The second-order valence-corrected chi connectivity index (χ2v) is 7.44. The number of nitrogens with one attached hydrogen (secondary N) is 1. The maximum absolute atomic E-state index is 12.4. The molecule has 1 unspecified atom stereocenters. The van der Waals surface area contributed by atoms with Crippen molar-refractivity contribution < 1.29 is 9.59 Å². The minimum absolute atomic E-state index is 0.0844. The molecule has 1 saturated heterocycles. The summed E-state index contributed by atoms with van der Waals surface area (Å²) in [5.74, 6) is 0.295. The molecule has 0 bridgehead atoms. The van der Waals surface area contributed by atoms with Crippen molar-refractivity contribution in [2.75, 3.05) is 19.6 Å². The fourth-order valence-electron chi connectivity index (χ4n) is 3.33. The van der Waals surface area contributed by atoms with Gasteiger partial charge in [-0.1, -0.05) is 29.8 Å². The van der Waals surface area contributed by atoms with Crippen LogP contribution < -0.4 is 5.32 Å². The van der Waals surface area contributed by atoms with E-state index in [-0.39, 0.29) is 24.1 Å². The standard InChI is InChI=1S/C19H24ClN5O2/c1-13-5-4-10-24(12-13)17(26)8-9-21-19(27)18-14(2)25(23-22-18)16-7-3-6-15(20)11-16/h3,6-7,11,13H,4-5,8-10,12H2,1-2H3,(H,21,27). The van der Waals surface area contributed by atoms with Crippen molar-refractivity contribution in [1.82, 2.24) is 25.2 Å². The molecule has 27 heavy (non-hydrogen) atoms. The smallest absolute Gasteiger partial charge is 0.273 e. The molecule has 1 atom stereocenters. The minimum atomic E-state index is -0.333. The molecule has 1 N–H and O–H groups in total. The number of amides is 2. The number of hydrogen-bond donors (Lipinski definition) is 1. The molecule has 8 heteroatoms. The number of halogens is 1. The first-order valence-corrected chi connectivity index (χ1v) is 9.57. The van der Waals surface area contributed by atoms with E-state index in [2.05, 4.69) is 22.6 Å². The van der Waals surface area contributed by atoms with Gasteiger partial charge in [0, 0.05) is 31.1 Å². The molecule has 0 saturated carbocycles. The van der Waals surface area contributed by atoms with Crippen LogP contribution in [-0.2, 0) is 4.79 Å². The van der Waals surface area contributed by atoms with Crippen molar-refractivity contribution in [2.24, 2.45) is 5.92 Å². The SMILES string of the molecule is Cc1c(C(=O)NCCC(=O)N2CCCC(C)C2)nnn1-c1cccc(Cl)c1. The van der Waals surface area contributed by atoms with E-state index in [9.17, 15) is 9.59 Å². The molecule has 1 fully saturated rings. The summed E-state index contributed by atoms with van der Waals surface area (Å²) in [6.07, 6.45) is 2.51. The Bertz CT molecular complexity index is 835. The predicted molar refractivity (Wildman–Crippen MR) is 103 cm³/mol. The summed E-state index contributed by atoms with van der Waals surface area (Å²) in [6.45, 7) is 5.83. The zero-order valence-electron chi connectivity index (χ0n) is 15.6. The van der Waals surface area contributed by atoms with Gasteiger partial charge < -0.3 is 10.2 Å². The molecule has 0 radical (unpaired) electrons. The number of hydrogen-bond acceptors (Lipinski definition) is 4. The number of carbonyl (C=O) groups is 2. The number of carbonyl (C=O) groups excluding carboxylic acids is 2. The Morgan fingerprint density at radius 1 is 1.37 bits per heavy atom. The number of piperidine rings is 1. The monoisotopic (exact) mass is 389 g/mol. The second-order valence-electron chi connectivity index (χ2n) is 7.01. The number of likely N-dealkylation sites (tertiary alicyclic amines) is 1. The zero-order valence-corrected chi connectivity index (χ0v) is 16.4. The van der Waals surface area contributed by atoms with E-state index in [0.717, 1.165) is 25.2 Å². The maximum atomic E-state index is 12.4. The molecule has 144 valence electrons. The first-order chi connectivity index (χ1) is 13.0. The summed E-state index contributed by atoms with van der Waals surface area (Å²) >= 11 is 6.01. The van der Waals surface area contributed by atoms with Crippen molar-refractivity contribution in [2.45, 2.75) is 33.1 Å². The van der Waals surface area contributed by atoms with Crippen LogP contribution in [0.1, 0.15) is 42.4 Å². The molecule has 2 amide bonds.